The van der Waals surface area contributed by atoms with Crippen molar-refractivity contribution in [3.8, 4) is 44.5 Å². The average Bonchev–Trinajstić information content (AvgIpc) is 4.16. The molecule has 0 saturated carbocycles. The zero-order valence-corrected chi connectivity index (χ0v) is 35.4. The highest BCUT2D eigenvalue weighted by Crippen LogP contribution is 2.38. The first kappa shape index (κ1) is 41.6. The molecule has 8 bridgehead atoms. The summed E-state index contributed by atoms with van der Waals surface area (Å²) in [5.41, 5.74) is 13.3. The lowest BCUT2D eigenvalue weighted by atomic mass is 9.99. The van der Waals surface area contributed by atoms with Gasteiger partial charge in [0.05, 0.1) is 28.3 Å². The van der Waals surface area contributed by atoms with Crippen molar-refractivity contribution >= 4 is 76.3 Å². The Kier molecular flexibility index (Phi) is 11.6. The maximum absolute atomic E-state index is 13.2. The fourth-order valence-electron chi connectivity index (χ4n) is 8.06. The first-order chi connectivity index (χ1) is 30.3. The van der Waals surface area contributed by atoms with Crippen molar-refractivity contribution in [1.29, 1.82) is 0 Å². The van der Waals surface area contributed by atoms with Crippen molar-refractivity contribution in [1.82, 2.24) is 34.9 Å². The first-order valence-electron chi connectivity index (χ1n) is 19.8. The normalized spacial score (nSPS) is 19.1. The monoisotopic (exact) mass is 951 g/mol. The molecule has 1 aromatic carbocycles. The number of pyridine rings is 3. The van der Waals surface area contributed by atoms with Crippen LogP contribution < -0.4 is 0 Å². The Balaban J connectivity index is 0.00000504. The van der Waals surface area contributed by atoms with E-state index in [0.29, 0.717) is 11.4 Å². The molecule has 1 saturated heterocycles. The SMILES string of the molecule is I.O=C(OC[C@H]1O[C@@H](O)[C@H](O)[C@@H](O)[C@H]1O)c1ccc(-c2c3nc(c(-c4ccncc4)c4ccc([nH]4)c(-c4ccncc4)c4nc(c(-c5ccncc5)c5ccc2[nH]5)C=C4)C=C3)cc1. The van der Waals surface area contributed by atoms with Crippen molar-refractivity contribution < 1.29 is 34.7 Å². The van der Waals surface area contributed by atoms with Crippen molar-refractivity contribution in [2.24, 2.45) is 0 Å². The quantitative estimate of drug-likeness (QED) is 0.0699. The summed E-state index contributed by atoms with van der Waals surface area (Å²) in [6.45, 7) is -0.469. The Morgan fingerprint density at radius 1 is 0.508 bits per heavy atom. The number of ether oxygens (including phenoxy) is 2. The molecule has 0 unspecified atom stereocenters. The molecule has 0 aliphatic carbocycles. The van der Waals surface area contributed by atoms with E-state index < -0.39 is 43.3 Å². The number of carbonyl (C=O) groups is 1. The van der Waals surface area contributed by atoms with Gasteiger partial charge in [-0.05, 0) is 119 Å². The molecule has 314 valence electrons. The molecule has 3 aliphatic heterocycles. The molecule has 1 fully saturated rings. The van der Waals surface area contributed by atoms with Crippen LogP contribution in [-0.4, -0.2) is 98.6 Å². The lowest BCUT2D eigenvalue weighted by Gasteiger charge is -2.37. The van der Waals surface area contributed by atoms with E-state index in [9.17, 15) is 25.2 Å². The number of aromatic nitrogens is 7. The standard InChI is InChI=1S/C48H37N7O7.HI/c56-44-39(62-48(60)46(58)45(44)57)25-61-47(59)30-3-1-26(2-4-30)40-31-5-7-33(52-31)41(27-13-19-49-20-14-27)35-9-11-37(54-35)43(29-17-23-51-24-18-29)38-12-10-36(55-38)42(28-15-21-50-22-16-28)34-8-6-32(40)53-34;/h1-24,39,44-46,48,52,55-58,60H,25H2;1H/t39-,44+,45+,46-,48-;/m1./s1. The summed E-state index contributed by atoms with van der Waals surface area (Å²) in [5, 5.41) is 40.1. The summed E-state index contributed by atoms with van der Waals surface area (Å²) >= 11 is 0. The first-order valence-corrected chi connectivity index (χ1v) is 19.8. The van der Waals surface area contributed by atoms with Gasteiger partial charge in [-0.2, -0.15) is 0 Å². The molecule has 14 nitrogen and oxygen atoms in total. The number of aliphatic hydroxyl groups excluding tert-OH is 4. The van der Waals surface area contributed by atoms with Gasteiger partial charge in [-0.25, -0.2) is 14.8 Å². The smallest absolute Gasteiger partial charge is 0.338 e. The summed E-state index contributed by atoms with van der Waals surface area (Å²) in [4.78, 5) is 44.0. The van der Waals surface area contributed by atoms with E-state index in [-0.39, 0.29) is 29.5 Å². The topological polar surface area (TPSA) is 212 Å². The number of H-pyrrole nitrogens is 2. The largest absolute Gasteiger partial charge is 0.459 e. The number of halogens is 1. The van der Waals surface area contributed by atoms with Crippen molar-refractivity contribution in [2.75, 3.05) is 6.61 Å². The Labute approximate surface area is 376 Å². The van der Waals surface area contributed by atoms with Gasteiger partial charge in [-0.1, -0.05) is 12.1 Å². The van der Waals surface area contributed by atoms with Gasteiger partial charge in [-0.3, -0.25) is 15.0 Å². The van der Waals surface area contributed by atoms with E-state index in [1.165, 1.54) is 0 Å². The third kappa shape index (κ3) is 7.97. The summed E-state index contributed by atoms with van der Waals surface area (Å²) in [5.74, 6) is -0.717. The lowest BCUT2D eigenvalue weighted by molar-refractivity contribution is -0.286. The molecule has 7 aromatic rings. The Bertz CT molecular complexity index is 3010. The number of aromatic amines is 2. The zero-order valence-electron chi connectivity index (χ0n) is 33.1. The Hall–Kier alpha value is -6.73. The van der Waals surface area contributed by atoms with Crippen LogP contribution >= 0.6 is 24.0 Å². The Morgan fingerprint density at radius 2 is 0.873 bits per heavy atom. The van der Waals surface area contributed by atoms with Crippen LogP contribution in [0.1, 0.15) is 33.1 Å². The minimum absolute atomic E-state index is 0. The maximum Gasteiger partial charge on any atom is 0.338 e. The van der Waals surface area contributed by atoms with Crippen molar-refractivity contribution in [3.63, 3.8) is 0 Å². The maximum atomic E-state index is 13.2. The number of nitrogens with one attached hydrogen (secondary N) is 2. The van der Waals surface area contributed by atoms with Gasteiger partial charge >= 0.3 is 5.97 Å². The number of nitrogens with zero attached hydrogens (tertiary/aromatic N) is 5. The van der Waals surface area contributed by atoms with E-state index in [0.717, 1.165) is 78.0 Å². The van der Waals surface area contributed by atoms with Gasteiger partial charge in [0.25, 0.3) is 0 Å². The van der Waals surface area contributed by atoms with Crippen LogP contribution in [0.3, 0.4) is 0 Å². The van der Waals surface area contributed by atoms with E-state index in [1.54, 1.807) is 61.4 Å². The van der Waals surface area contributed by atoms with Gasteiger partial charge in [-0.15, -0.1) is 24.0 Å². The second kappa shape index (κ2) is 17.6. The molecule has 15 heteroatoms. The summed E-state index contributed by atoms with van der Waals surface area (Å²) in [7, 11) is 0. The van der Waals surface area contributed by atoms with Crippen LogP contribution in [0, 0.1) is 0 Å². The number of benzene rings is 1. The molecule has 0 radical (unpaired) electrons. The number of carbonyl (C=O) groups excluding carboxylic acids is 1. The molecule has 6 aromatic heterocycles. The molecule has 0 spiro atoms. The van der Waals surface area contributed by atoms with E-state index in [4.69, 9.17) is 19.4 Å². The molecule has 5 atom stereocenters. The summed E-state index contributed by atoms with van der Waals surface area (Å²) in [6.07, 6.45) is 10.6. The number of rotatable bonds is 7. The van der Waals surface area contributed by atoms with E-state index in [1.807, 2.05) is 78.9 Å². The highest BCUT2D eigenvalue weighted by atomic mass is 127. The molecule has 9 heterocycles. The predicted octanol–water partition coefficient (Wildman–Crippen LogP) is 7.08. The second-order valence-corrected chi connectivity index (χ2v) is 14.9. The van der Waals surface area contributed by atoms with Crippen LogP contribution in [0.25, 0.3) is 90.9 Å². The van der Waals surface area contributed by atoms with Crippen molar-refractivity contribution in [3.05, 3.63) is 150 Å². The van der Waals surface area contributed by atoms with Gasteiger partial charge < -0.3 is 39.9 Å². The molecule has 10 rings (SSSR count). The zero-order chi connectivity index (χ0) is 42.3. The van der Waals surface area contributed by atoms with Crippen molar-refractivity contribution in [2.45, 2.75) is 30.7 Å². The molecular weight excluding hydrogens is 913 g/mol. The second-order valence-electron chi connectivity index (χ2n) is 14.9. The van der Waals surface area contributed by atoms with Crippen LogP contribution in [0.2, 0.25) is 0 Å². The van der Waals surface area contributed by atoms with Crippen LogP contribution in [0.15, 0.2) is 122 Å². The average molecular weight is 952 g/mol. The molecule has 63 heavy (non-hydrogen) atoms. The third-order valence-electron chi connectivity index (χ3n) is 11.1. The van der Waals surface area contributed by atoms with Crippen LogP contribution in [-0.2, 0) is 9.47 Å². The Morgan fingerprint density at radius 3 is 1.25 bits per heavy atom. The van der Waals surface area contributed by atoms with Gasteiger partial charge in [0.2, 0.25) is 0 Å². The minimum Gasteiger partial charge on any atom is -0.459 e. The number of fused-ring (bicyclic) bond motifs is 8. The highest BCUT2D eigenvalue weighted by molar-refractivity contribution is 14.0. The minimum atomic E-state index is -1.75. The summed E-state index contributed by atoms with van der Waals surface area (Å²) in [6, 6.07) is 26.7. The number of hydrogen-bond acceptors (Lipinski definition) is 12. The third-order valence-corrected chi connectivity index (χ3v) is 11.1. The fraction of sp³-hybridized carbons (Fsp3) is 0.125. The van der Waals surface area contributed by atoms with E-state index >= 15 is 0 Å². The van der Waals surface area contributed by atoms with Gasteiger partial charge in [0.15, 0.2) is 6.29 Å². The van der Waals surface area contributed by atoms with Gasteiger partial charge in [0.1, 0.15) is 31.0 Å². The van der Waals surface area contributed by atoms with E-state index in [2.05, 4.69) is 31.0 Å². The number of aliphatic hydroxyl groups is 4. The lowest BCUT2D eigenvalue weighted by Crippen LogP contribution is -2.58. The molecule has 3 aliphatic rings. The molecule has 6 N–H and O–H groups in total. The van der Waals surface area contributed by atoms with Gasteiger partial charge in [0, 0.05) is 81.5 Å². The number of hydrogen-bond donors (Lipinski definition) is 6. The fourth-order valence-corrected chi connectivity index (χ4v) is 8.06. The molecular formula is C48H38IN7O7. The van der Waals surface area contributed by atoms with Crippen LogP contribution in [0.5, 0.6) is 0 Å². The number of esters is 1. The predicted molar refractivity (Wildman–Crippen MR) is 249 cm³/mol. The summed E-state index contributed by atoms with van der Waals surface area (Å²) < 4.78 is 10.6. The highest BCUT2D eigenvalue weighted by Gasteiger charge is 2.43. The van der Waals surface area contributed by atoms with Crippen LogP contribution in [0.4, 0.5) is 0 Å². The molecule has 0 amide bonds.